The highest BCUT2D eigenvalue weighted by molar-refractivity contribution is 6.32. The molecule has 1 amide bonds. The van der Waals surface area contributed by atoms with Crippen LogP contribution in [0.15, 0.2) is 23.8 Å². The fourth-order valence-corrected chi connectivity index (χ4v) is 3.23. The van der Waals surface area contributed by atoms with Crippen molar-refractivity contribution in [3.63, 3.8) is 0 Å². The number of ether oxygens (including phenoxy) is 3. The zero-order chi connectivity index (χ0) is 19.8. The van der Waals surface area contributed by atoms with Gasteiger partial charge in [-0.1, -0.05) is 23.3 Å². The fourth-order valence-electron chi connectivity index (χ4n) is 2.94. The van der Waals surface area contributed by atoms with Crippen LogP contribution in [-0.4, -0.2) is 38.7 Å². The van der Waals surface area contributed by atoms with Crippen LogP contribution in [0.25, 0.3) is 0 Å². The van der Waals surface area contributed by atoms with Crippen LogP contribution in [0.3, 0.4) is 0 Å². The van der Waals surface area contributed by atoms with Crippen LogP contribution in [0.4, 0.5) is 0 Å². The molecule has 1 aromatic rings. The molecule has 0 fully saturated rings. The third-order valence-electron chi connectivity index (χ3n) is 4.45. The largest absolute Gasteiger partial charge is 0.493 e. The van der Waals surface area contributed by atoms with Gasteiger partial charge in [0, 0.05) is 6.54 Å². The monoisotopic (exact) mass is 395 g/mol. The van der Waals surface area contributed by atoms with Crippen molar-refractivity contribution in [1.82, 2.24) is 5.32 Å². The van der Waals surface area contributed by atoms with Crippen molar-refractivity contribution in [3.05, 3.63) is 34.4 Å². The molecule has 0 saturated heterocycles. The second kappa shape index (κ2) is 10.2. The highest BCUT2D eigenvalue weighted by Gasteiger charge is 2.21. The average molecular weight is 396 g/mol. The van der Waals surface area contributed by atoms with E-state index in [0.29, 0.717) is 18.0 Å². The lowest BCUT2D eigenvalue weighted by molar-refractivity contribution is -0.129. The first-order valence-electron chi connectivity index (χ1n) is 9.04. The number of amides is 1. The van der Waals surface area contributed by atoms with Gasteiger partial charge in [0.1, 0.15) is 0 Å². The second-order valence-corrected chi connectivity index (χ2v) is 6.80. The highest BCUT2D eigenvalue weighted by atomic mass is 35.5. The molecule has 0 aromatic heterocycles. The standard InChI is InChI=1S/C20H26ClNO5/c1-13(19(23)22-10-9-14-7-5-4-6-8-14)27-20(24)15-11-16(21)18(26-3)17(12-15)25-2/h7,11-13H,4-6,8-10H2,1-3H3,(H,22,23)/t13-/m1/s1. The number of benzene rings is 1. The Balaban J connectivity index is 1.89. The lowest BCUT2D eigenvalue weighted by Crippen LogP contribution is -2.36. The van der Waals surface area contributed by atoms with E-state index in [1.54, 1.807) is 0 Å². The van der Waals surface area contributed by atoms with Gasteiger partial charge in [-0.3, -0.25) is 4.79 Å². The van der Waals surface area contributed by atoms with E-state index in [4.69, 9.17) is 25.8 Å². The topological polar surface area (TPSA) is 73.9 Å². The average Bonchev–Trinajstić information content (AvgIpc) is 2.67. The molecule has 7 heteroatoms. The number of esters is 1. The predicted molar refractivity (Wildman–Crippen MR) is 104 cm³/mol. The van der Waals surface area contributed by atoms with Gasteiger partial charge in [0.25, 0.3) is 5.91 Å². The third-order valence-corrected chi connectivity index (χ3v) is 4.73. The van der Waals surface area contributed by atoms with Crippen LogP contribution in [0.1, 0.15) is 49.4 Å². The smallest absolute Gasteiger partial charge is 0.339 e. The Hall–Kier alpha value is -2.21. The summed E-state index contributed by atoms with van der Waals surface area (Å²) < 4.78 is 15.6. The molecular weight excluding hydrogens is 370 g/mol. The van der Waals surface area contributed by atoms with Gasteiger partial charge in [0.05, 0.1) is 24.8 Å². The maximum Gasteiger partial charge on any atom is 0.339 e. The summed E-state index contributed by atoms with van der Waals surface area (Å²) in [7, 11) is 2.90. The molecule has 1 aromatic carbocycles. The number of rotatable bonds is 8. The molecule has 0 unspecified atom stereocenters. The Bertz CT molecular complexity index is 717. The minimum Gasteiger partial charge on any atom is -0.493 e. The van der Waals surface area contributed by atoms with E-state index in [-0.39, 0.29) is 16.5 Å². The van der Waals surface area contributed by atoms with Gasteiger partial charge in [-0.2, -0.15) is 0 Å². The summed E-state index contributed by atoms with van der Waals surface area (Å²) in [6.45, 7) is 2.07. The normalized spacial score (nSPS) is 14.7. The van der Waals surface area contributed by atoms with Crippen LogP contribution in [0.2, 0.25) is 5.02 Å². The maximum absolute atomic E-state index is 12.3. The van der Waals surface area contributed by atoms with E-state index in [9.17, 15) is 9.59 Å². The van der Waals surface area contributed by atoms with E-state index < -0.39 is 12.1 Å². The van der Waals surface area contributed by atoms with Gasteiger partial charge in [-0.25, -0.2) is 4.79 Å². The SMILES string of the molecule is COc1cc(C(=O)O[C@H](C)C(=O)NCCC2=CCCCC2)cc(Cl)c1OC. The van der Waals surface area contributed by atoms with E-state index >= 15 is 0 Å². The minimum atomic E-state index is -0.912. The molecule has 1 N–H and O–H groups in total. The van der Waals surface area contributed by atoms with Crippen molar-refractivity contribution >= 4 is 23.5 Å². The van der Waals surface area contributed by atoms with Crippen molar-refractivity contribution in [2.24, 2.45) is 0 Å². The van der Waals surface area contributed by atoms with Crippen molar-refractivity contribution in [2.75, 3.05) is 20.8 Å². The quantitative estimate of drug-likeness (QED) is 0.533. The molecule has 148 valence electrons. The molecule has 0 bridgehead atoms. The number of halogens is 1. The van der Waals surface area contributed by atoms with Crippen molar-refractivity contribution < 1.29 is 23.8 Å². The summed E-state index contributed by atoms with van der Waals surface area (Å²) in [5.41, 5.74) is 1.57. The Morgan fingerprint density at radius 3 is 2.63 bits per heavy atom. The van der Waals surface area contributed by atoms with Crippen LogP contribution in [0.5, 0.6) is 11.5 Å². The molecule has 0 heterocycles. The molecule has 27 heavy (non-hydrogen) atoms. The third kappa shape index (κ3) is 5.89. The zero-order valence-corrected chi connectivity index (χ0v) is 16.7. The van der Waals surface area contributed by atoms with E-state index in [0.717, 1.165) is 19.3 Å². The Kier molecular flexibility index (Phi) is 7.98. The van der Waals surface area contributed by atoms with E-state index in [1.165, 1.54) is 51.7 Å². The van der Waals surface area contributed by atoms with Crippen LogP contribution < -0.4 is 14.8 Å². The molecule has 1 aliphatic rings. The van der Waals surface area contributed by atoms with Crippen molar-refractivity contribution in [3.8, 4) is 11.5 Å². The van der Waals surface area contributed by atoms with Crippen LogP contribution in [0, 0.1) is 0 Å². The summed E-state index contributed by atoms with van der Waals surface area (Å²) in [4.78, 5) is 24.5. The summed E-state index contributed by atoms with van der Waals surface area (Å²) in [5.74, 6) is -0.338. The molecular formula is C20H26ClNO5. The number of nitrogens with one attached hydrogen (secondary N) is 1. The molecule has 1 aliphatic carbocycles. The molecule has 0 radical (unpaired) electrons. The second-order valence-electron chi connectivity index (χ2n) is 6.39. The van der Waals surface area contributed by atoms with Gasteiger partial charge in [0.2, 0.25) is 0 Å². The van der Waals surface area contributed by atoms with Crippen molar-refractivity contribution in [2.45, 2.75) is 45.1 Å². The van der Waals surface area contributed by atoms with Gasteiger partial charge >= 0.3 is 5.97 Å². The van der Waals surface area contributed by atoms with Gasteiger partial charge in [-0.15, -0.1) is 0 Å². The molecule has 0 spiro atoms. The van der Waals surface area contributed by atoms with Crippen LogP contribution in [-0.2, 0) is 9.53 Å². The Labute approximate surface area is 164 Å². The van der Waals surface area contributed by atoms with Crippen LogP contribution >= 0.6 is 11.6 Å². The number of carbonyl (C=O) groups excluding carboxylic acids is 2. The van der Waals surface area contributed by atoms with E-state index in [1.807, 2.05) is 0 Å². The number of allylic oxidation sites excluding steroid dienone is 1. The summed E-state index contributed by atoms with van der Waals surface area (Å²) in [6, 6.07) is 2.89. The van der Waals surface area contributed by atoms with Crippen molar-refractivity contribution in [1.29, 1.82) is 0 Å². The van der Waals surface area contributed by atoms with Gasteiger partial charge < -0.3 is 19.5 Å². The first-order chi connectivity index (χ1) is 13.0. The fraction of sp³-hybridized carbons (Fsp3) is 0.500. The van der Waals surface area contributed by atoms with Gasteiger partial charge in [0.15, 0.2) is 17.6 Å². The maximum atomic E-state index is 12.3. The Morgan fingerprint density at radius 1 is 1.22 bits per heavy atom. The summed E-state index contributed by atoms with van der Waals surface area (Å²) >= 11 is 6.10. The summed E-state index contributed by atoms with van der Waals surface area (Å²) in [5, 5.41) is 3.03. The van der Waals surface area contributed by atoms with Gasteiger partial charge in [-0.05, 0) is 51.2 Å². The first kappa shape index (κ1) is 21.1. The summed E-state index contributed by atoms with van der Waals surface area (Å²) in [6.07, 6.45) is 6.83. The predicted octanol–water partition coefficient (Wildman–Crippen LogP) is 3.91. The number of methoxy groups -OCH3 is 2. The molecule has 1 atom stereocenters. The lowest BCUT2D eigenvalue weighted by Gasteiger charge is -2.16. The molecule has 6 nitrogen and oxygen atoms in total. The number of hydrogen-bond donors (Lipinski definition) is 1. The molecule has 0 aliphatic heterocycles. The highest BCUT2D eigenvalue weighted by Crippen LogP contribution is 2.36. The lowest BCUT2D eigenvalue weighted by atomic mass is 9.97. The van der Waals surface area contributed by atoms with E-state index in [2.05, 4.69) is 11.4 Å². The molecule has 2 rings (SSSR count). The first-order valence-corrected chi connectivity index (χ1v) is 9.42. The molecule has 0 saturated carbocycles. The number of carbonyl (C=O) groups is 2. The minimum absolute atomic E-state index is 0.185. The zero-order valence-electron chi connectivity index (χ0n) is 16.0. The Morgan fingerprint density at radius 2 is 2.00 bits per heavy atom. The number of hydrogen-bond acceptors (Lipinski definition) is 5.